The number of hydrogen-bond donors (Lipinski definition) is 0. The van der Waals surface area contributed by atoms with Crippen LogP contribution in [0.3, 0.4) is 0 Å². The van der Waals surface area contributed by atoms with Gasteiger partial charge in [0.15, 0.2) is 5.16 Å². The normalized spacial score (nSPS) is 20.4. The van der Waals surface area contributed by atoms with Gasteiger partial charge in [0.05, 0.1) is 0 Å². The summed E-state index contributed by atoms with van der Waals surface area (Å²) >= 11 is 1.70. The lowest BCUT2D eigenvalue weighted by molar-refractivity contribution is 0.270. The average molecular weight is 280 g/mol. The van der Waals surface area contributed by atoms with Crippen LogP contribution >= 0.6 is 11.8 Å². The van der Waals surface area contributed by atoms with Crippen LogP contribution in [-0.4, -0.2) is 52.9 Å². The van der Waals surface area contributed by atoms with E-state index in [1.54, 1.807) is 22.4 Å². The van der Waals surface area contributed by atoms with E-state index in [2.05, 4.69) is 21.7 Å². The number of fused-ring (bicyclic) bond motifs is 1. The summed E-state index contributed by atoms with van der Waals surface area (Å²) < 4.78 is 1.81. The Morgan fingerprint density at radius 3 is 2.79 bits per heavy atom. The highest BCUT2D eigenvalue weighted by atomic mass is 32.2. The third-order valence-corrected chi connectivity index (χ3v) is 4.92. The first-order chi connectivity index (χ1) is 9.28. The van der Waals surface area contributed by atoms with Gasteiger partial charge in [0.25, 0.3) is 5.56 Å². The topological polar surface area (TPSA) is 41.4 Å². The number of aromatic nitrogens is 2. The van der Waals surface area contributed by atoms with Crippen molar-refractivity contribution in [1.82, 2.24) is 14.5 Å². The molecule has 1 aromatic rings. The number of rotatable bonds is 2. The molecule has 2 aliphatic heterocycles. The second-order valence-corrected chi connectivity index (χ2v) is 6.07. The van der Waals surface area contributed by atoms with E-state index in [0.29, 0.717) is 0 Å². The van der Waals surface area contributed by atoms with Crippen LogP contribution in [0.15, 0.2) is 16.0 Å². The largest absolute Gasteiger partial charge is 0.354 e. The summed E-state index contributed by atoms with van der Waals surface area (Å²) in [5.74, 6) is 1.93. The molecule has 0 saturated carbocycles. The summed E-state index contributed by atoms with van der Waals surface area (Å²) in [4.78, 5) is 21.5. The van der Waals surface area contributed by atoms with E-state index in [9.17, 15) is 4.79 Å². The maximum Gasteiger partial charge on any atom is 0.256 e. The van der Waals surface area contributed by atoms with E-state index in [4.69, 9.17) is 0 Å². The molecule has 6 heteroatoms. The fourth-order valence-electron chi connectivity index (χ4n) is 2.63. The molecule has 0 spiro atoms. The van der Waals surface area contributed by atoms with Crippen molar-refractivity contribution >= 4 is 17.6 Å². The predicted molar refractivity (Wildman–Crippen MR) is 78.2 cm³/mol. The lowest BCUT2D eigenvalue weighted by atomic mass is 10.3. The van der Waals surface area contributed by atoms with E-state index in [-0.39, 0.29) is 5.56 Å². The minimum Gasteiger partial charge on any atom is -0.354 e. The Hall–Kier alpha value is -1.01. The summed E-state index contributed by atoms with van der Waals surface area (Å²) in [5, 5.41) is 0.895. The first-order valence-electron chi connectivity index (χ1n) is 7.00. The smallest absolute Gasteiger partial charge is 0.256 e. The monoisotopic (exact) mass is 280 g/mol. The van der Waals surface area contributed by atoms with Crippen molar-refractivity contribution in [3.05, 3.63) is 16.4 Å². The zero-order valence-corrected chi connectivity index (χ0v) is 12.2. The standard InChI is InChI=1S/C13H20N4OS/c1-2-15-5-7-16(8-6-15)11-10-12(18)17-4-3-9-19-13(17)14-11/h10H,2-9H2,1H3. The molecular formula is C13H20N4OS. The van der Waals surface area contributed by atoms with Gasteiger partial charge in [-0.05, 0) is 13.0 Å². The molecule has 1 aromatic heterocycles. The van der Waals surface area contributed by atoms with Crippen molar-refractivity contribution < 1.29 is 0 Å². The molecular weight excluding hydrogens is 260 g/mol. The summed E-state index contributed by atoms with van der Waals surface area (Å²) in [6, 6.07) is 1.71. The van der Waals surface area contributed by atoms with E-state index >= 15 is 0 Å². The molecule has 0 unspecified atom stereocenters. The summed E-state index contributed by atoms with van der Waals surface area (Å²) in [5.41, 5.74) is 0.102. The molecule has 3 rings (SSSR count). The summed E-state index contributed by atoms with van der Waals surface area (Å²) in [7, 11) is 0. The SMILES string of the molecule is CCN1CCN(c2cc(=O)n3c(n2)SCCC3)CC1. The second kappa shape index (κ2) is 5.54. The van der Waals surface area contributed by atoms with Crippen molar-refractivity contribution in [1.29, 1.82) is 0 Å². The molecule has 0 atom stereocenters. The van der Waals surface area contributed by atoms with Crippen LogP contribution in [0.4, 0.5) is 5.82 Å². The molecule has 104 valence electrons. The fourth-order valence-corrected chi connectivity index (χ4v) is 3.58. The fraction of sp³-hybridized carbons (Fsp3) is 0.692. The number of anilines is 1. The predicted octanol–water partition coefficient (Wildman–Crippen LogP) is 0.881. The van der Waals surface area contributed by atoms with Gasteiger partial charge in [-0.3, -0.25) is 9.36 Å². The number of hydrogen-bond acceptors (Lipinski definition) is 5. The summed E-state index contributed by atoms with van der Waals surface area (Å²) in [6.45, 7) is 8.16. The van der Waals surface area contributed by atoms with E-state index in [1.165, 1.54) is 0 Å². The molecule has 2 aliphatic rings. The maximum atomic E-state index is 12.1. The van der Waals surface area contributed by atoms with Crippen molar-refractivity contribution in [3.8, 4) is 0 Å². The van der Waals surface area contributed by atoms with Gasteiger partial charge in [-0.2, -0.15) is 0 Å². The van der Waals surface area contributed by atoms with Crippen LogP contribution in [0.5, 0.6) is 0 Å². The Morgan fingerprint density at radius 2 is 2.05 bits per heavy atom. The minimum absolute atomic E-state index is 0.102. The minimum atomic E-state index is 0.102. The Bertz CT molecular complexity index is 508. The molecule has 19 heavy (non-hydrogen) atoms. The highest BCUT2D eigenvalue weighted by molar-refractivity contribution is 7.99. The van der Waals surface area contributed by atoms with Crippen molar-refractivity contribution in [2.24, 2.45) is 0 Å². The first kappa shape index (κ1) is 13.0. The Morgan fingerprint density at radius 1 is 1.26 bits per heavy atom. The number of likely N-dealkylation sites (N-methyl/N-ethyl adjacent to an activating group) is 1. The lowest BCUT2D eigenvalue weighted by Gasteiger charge is -2.35. The molecule has 5 nitrogen and oxygen atoms in total. The zero-order chi connectivity index (χ0) is 13.2. The van der Waals surface area contributed by atoms with Gasteiger partial charge < -0.3 is 9.80 Å². The van der Waals surface area contributed by atoms with Gasteiger partial charge in [-0.1, -0.05) is 18.7 Å². The van der Waals surface area contributed by atoms with Crippen LogP contribution in [-0.2, 0) is 6.54 Å². The molecule has 1 fully saturated rings. The van der Waals surface area contributed by atoms with Gasteiger partial charge in [0.2, 0.25) is 0 Å². The summed E-state index contributed by atoms with van der Waals surface area (Å²) in [6.07, 6.45) is 1.06. The molecule has 0 aliphatic carbocycles. The lowest BCUT2D eigenvalue weighted by Crippen LogP contribution is -2.47. The van der Waals surface area contributed by atoms with Crippen molar-refractivity contribution in [2.75, 3.05) is 43.4 Å². The second-order valence-electron chi connectivity index (χ2n) is 5.01. The Balaban J connectivity index is 1.82. The molecule has 3 heterocycles. The number of piperazine rings is 1. The zero-order valence-electron chi connectivity index (χ0n) is 11.3. The van der Waals surface area contributed by atoms with Gasteiger partial charge in [-0.25, -0.2) is 4.98 Å². The average Bonchev–Trinajstić information content (AvgIpc) is 2.47. The molecule has 0 aromatic carbocycles. The highest BCUT2D eigenvalue weighted by Crippen LogP contribution is 2.23. The maximum absolute atomic E-state index is 12.1. The first-order valence-corrected chi connectivity index (χ1v) is 7.98. The highest BCUT2D eigenvalue weighted by Gasteiger charge is 2.20. The molecule has 1 saturated heterocycles. The van der Waals surface area contributed by atoms with Gasteiger partial charge in [-0.15, -0.1) is 0 Å². The van der Waals surface area contributed by atoms with Crippen molar-refractivity contribution in [3.63, 3.8) is 0 Å². The molecule has 0 bridgehead atoms. The van der Waals surface area contributed by atoms with Crippen LogP contribution in [0.25, 0.3) is 0 Å². The van der Waals surface area contributed by atoms with E-state index < -0.39 is 0 Å². The number of thioether (sulfide) groups is 1. The van der Waals surface area contributed by atoms with Gasteiger partial charge in [0, 0.05) is 44.5 Å². The number of nitrogens with zero attached hydrogens (tertiary/aromatic N) is 4. The molecule has 0 amide bonds. The van der Waals surface area contributed by atoms with Crippen LogP contribution < -0.4 is 10.5 Å². The quantitative estimate of drug-likeness (QED) is 0.752. The molecule has 0 radical (unpaired) electrons. The van der Waals surface area contributed by atoms with Crippen LogP contribution in [0.1, 0.15) is 13.3 Å². The van der Waals surface area contributed by atoms with Gasteiger partial charge in [0.1, 0.15) is 5.82 Å². The van der Waals surface area contributed by atoms with E-state index in [1.807, 2.05) is 0 Å². The van der Waals surface area contributed by atoms with Gasteiger partial charge >= 0.3 is 0 Å². The van der Waals surface area contributed by atoms with Crippen molar-refractivity contribution in [2.45, 2.75) is 25.0 Å². The van der Waals surface area contributed by atoms with Crippen LogP contribution in [0, 0.1) is 0 Å². The Labute approximate surface area is 117 Å². The van der Waals surface area contributed by atoms with Crippen LogP contribution in [0.2, 0.25) is 0 Å². The molecule has 0 N–H and O–H groups in total. The third kappa shape index (κ3) is 2.65. The third-order valence-electron chi connectivity index (χ3n) is 3.86. The van der Waals surface area contributed by atoms with E-state index in [0.717, 1.165) is 62.4 Å². The Kier molecular flexibility index (Phi) is 3.79.